The van der Waals surface area contributed by atoms with Crippen LogP contribution in [0, 0.1) is 6.92 Å². The summed E-state index contributed by atoms with van der Waals surface area (Å²) in [5.41, 5.74) is 14.2. The molecule has 2 aromatic carbocycles. The molecule has 6 nitrogen and oxygen atoms in total. The highest BCUT2D eigenvalue weighted by Crippen LogP contribution is 2.53. The number of ether oxygens (including phenoxy) is 2. The maximum Gasteiger partial charge on any atom is 0.335 e. The number of aryl methyl sites for hydroxylation is 1. The minimum atomic E-state index is -0.901. The lowest BCUT2D eigenvalue weighted by Crippen LogP contribution is -2.16. The van der Waals surface area contributed by atoms with E-state index in [0.717, 1.165) is 77.0 Å². The molecule has 2 aliphatic rings. The number of hydrogen-bond acceptors (Lipinski definition) is 4. The predicted molar refractivity (Wildman–Crippen MR) is 135 cm³/mol. The molecule has 0 atom stereocenters. The number of carboxylic acids is 1. The molecule has 180 valence electrons. The zero-order valence-corrected chi connectivity index (χ0v) is 20.4. The number of fused-ring (bicyclic) bond motifs is 5. The fraction of sp³-hybridized carbons (Fsp3) is 0.464. The summed E-state index contributed by atoms with van der Waals surface area (Å²) in [4.78, 5) is 11.8. The zero-order valence-electron chi connectivity index (χ0n) is 20.4. The van der Waals surface area contributed by atoms with Crippen molar-refractivity contribution in [2.24, 2.45) is 0 Å². The average molecular weight is 463 g/mol. The number of carbonyl (C=O) groups is 1. The van der Waals surface area contributed by atoms with Crippen molar-refractivity contribution in [1.29, 1.82) is 0 Å². The van der Waals surface area contributed by atoms with Gasteiger partial charge >= 0.3 is 5.97 Å². The summed E-state index contributed by atoms with van der Waals surface area (Å²) in [6.07, 6.45) is 7.58. The van der Waals surface area contributed by atoms with Crippen LogP contribution >= 0.6 is 0 Å². The van der Waals surface area contributed by atoms with Gasteiger partial charge in [-0.05, 0) is 61.8 Å². The molecule has 0 spiro atoms. The lowest BCUT2D eigenvalue weighted by atomic mass is 9.80. The van der Waals surface area contributed by atoms with Crippen molar-refractivity contribution in [3.05, 3.63) is 40.5 Å². The van der Waals surface area contributed by atoms with Crippen LogP contribution in [0.25, 0.3) is 22.2 Å². The van der Waals surface area contributed by atoms with Gasteiger partial charge < -0.3 is 24.9 Å². The summed E-state index contributed by atoms with van der Waals surface area (Å²) in [7, 11) is 1.67. The van der Waals surface area contributed by atoms with Crippen LogP contribution in [0.5, 0.6) is 11.5 Å². The lowest BCUT2D eigenvalue weighted by Gasteiger charge is -2.28. The molecule has 0 bridgehead atoms. The molecule has 1 aliphatic heterocycles. The van der Waals surface area contributed by atoms with Crippen LogP contribution in [0.4, 0.5) is 5.69 Å². The van der Waals surface area contributed by atoms with Crippen LogP contribution in [-0.2, 0) is 13.0 Å². The van der Waals surface area contributed by atoms with Crippen molar-refractivity contribution in [1.82, 2.24) is 4.57 Å². The number of anilines is 1. The zero-order chi connectivity index (χ0) is 24.0. The van der Waals surface area contributed by atoms with Crippen LogP contribution in [0.2, 0.25) is 0 Å². The Morgan fingerprint density at radius 2 is 2.00 bits per heavy atom. The maximum absolute atomic E-state index is 11.8. The molecular weight excluding hydrogens is 428 g/mol. The van der Waals surface area contributed by atoms with E-state index in [1.54, 1.807) is 13.2 Å². The number of hydrogen-bond donors (Lipinski definition) is 2. The molecule has 6 heteroatoms. The van der Waals surface area contributed by atoms with E-state index < -0.39 is 5.97 Å². The number of methoxy groups -OCH3 is 1. The summed E-state index contributed by atoms with van der Waals surface area (Å²) >= 11 is 0. The standard InChI is InChI=1S/C28H34N2O4/c1-4-19-23-25-22(17-9-6-5-7-10-17)20-12-11-18(28(31)32)15-21(20)30(25)13-8-14-34-27(23)26(33-3)16(2)24(19)29/h11-12,15,17H,4-10,13-14,29H2,1-3H3,(H,31,32). The summed E-state index contributed by atoms with van der Waals surface area (Å²) in [5, 5.41) is 10.9. The van der Waals surface area contributed by atoms with Crippen LogP contribution in [0.3, 0.4) is 0 Å². The Bertz CT molecular complexity index is 1270. The van der Waals surface area contributed by atoms with Gasteiger partial charge in [0, 0.05) is 34.3 Å². The molecule has 5 rings (SSSR count). The van der Waals surface area contributed by atoms with Crippen molar-refractivity contribution in [3.8, 4) is 22.8 Å². The summed E-state index contributed by atoms with van der Waals surface area (Å²) in [6.45, 7) is 5.45. The number of rotatable bonds is 4. The van der Waals surface area contributed by atoms with Crippen LogP contribution in [0.1, 0.15) is 78.4 Å². The van der Waals surface area contributed by atoms with E-state index in [1.165, 1.54) is 24.8 Å². The first-order valence-corrected chi connectivity index (χ1v) is 12.5. The van der Waals surface area contributed by atoms with Crippen LogP contribution < -0.4 is 15.2 Å². The molecule has 2 heterocycles. The molecule has 3 N–H and O–H groups in total. The molecule has 0 radical (unpaired) electrons. The molecule has 0 saturated heterocycles. The lowest BCUT2D eigenvalue weighted by molar-refractivity contribution is 0.0697. The largest absolute Gasteiger partial charge is 0.492 e. The van der Waals surface area contributed by atoms with Crippen LogP contribution in [-0.4, -0.2) is 29.4 Å². The number of carboxylic acid groups (broad SMARTS) is 1. The van der Waals surface area contributed by atoms with Gasteiger partial charge in [0.15, 0.2) is 11.5 Å². The van der Waals surface area contributed by atoms with Gasteiger partial charge in [0.1, 0.15) is 0 Å². The summed E-state index contributed by atoms with van der Waals surface area (Å²) in [6, 6.07) is 5.60. The average Bonchev–Trinajstić information content (AvgIpc) is 3.15. The van der Waals surface area contributed by atoms with Crippen molar-refractivity contribution >= 4 is 22.6 Å². The second-order valence-electron chi connectivity index (χ2n) is 9.60. The second kappa shape index (κ2) is 8.90. The first-order chi connectivity index (χ1) is 16.5. The smallest absolute Gasteiger partial charge is 0.335 e. The minimum Gasteiger partial charge on any atom is -0.492 e. The van der Waals surface area contributed by atoms with Gasteiger partial charge in [-0.25, -0.2) is 4.79 Å². The SMILES string of the molecule is CCc1c(N)c(C)c(OC)c2c1-c1c(C3CCCCC3)c3ccc(C(=O)O)cc3n1CCCO2. The fourth-order valence-corrected chi connectivity index (χ4v) is 6.12. The summed E-state index contributed by atoms with van der Waals surface area (Å²) < 4.78 is 14.6. The van der Waals surface area contributed by atoms with Gasteiger partial charge in [0.25, 0.3) is 0 Å². The molecule has 1 fully saturated rings. The van der Waals surface area contributed by atoms with E-state index in [9.17, 15) is 9.90 Å². The van der Waals surface area contributed by atoms with Gasteiger partial charge in [-0.2, -0.15) is 0 Å². The number of nitrogen functional groups attached to an aromatic ring is 1. The van der Waals surface area contributed by atoms with E-state index in [-0.39, 0.29) is 0 Å². The first-order valence-electron chi connectivity index (χ1n) is 12.5. The second-order valence-corrected chi connectivity index (χ2v) is 9.60. The van der Waals surface area contributed by atoms with Crippen molar-refractivity contribution in [2.45, 2.75) is 71.3 Å². The third kappa shape index (κ3) is 3.42. The van der Waals surface area contributed by atoms with E-state index in [0.29, 0.717) is 23.8 Å². The molecule has 34 heavy (non-hydrogen) atoms. The number of aromatic carboxylic acids is 1. The van der Waals surface area contributed by atoms with Crippen molar-refractivity contribution in [2.75, 3.05) is 19.5 Å². The summed E-state index contributed by atoms with van der Waals surface area (Å²) in [5.74, 6) is 0.991. The molecule has 0 amide bonds. The maximum atomic E-state index is 11.8. The molecule has 1 saturated carbocycles. The number of benzene rings is 2. The number of nitrogens with zero attached hydrogens (tertiary/aromatic N) is 1. The predicted octanol–water partition coefficient (Wildman–Crippen LogP) is 6.30. The monoisotopic (exact) mass is 462 g/mol. The first kappa shape index (κ1) is 22.6. The topological polar surface area (TPSA) is 86.7 Å². The van der Waals surface area contributed by atoms with Gasteiger partial charge in [0.05, 0.1) is 25.0 Å². The fourth-order valence-electron chi connectivity index (χ4n) is 6.12. The Kier molecular flexibility index (Phi) is 5.92. The highest BCUT2D eigenvalue weighted by Gasteiger charge is 2.33. The van der Waals surface area contributed by atoms with E-state index >= 15 is 0 Å². The van der Waals surface area contributed by atoms with Gasteiger partial charge in [-0.15, -0.1) is 0 Å². The Morgan fingerprint density at radius 1 is 1.24 bits per heavy atom. The Labute approximate surface area is 200 Å². The van der Waals surface area contributed by atoms with E-state index in [4.69, 9.17) is 15.2 Å². The highest BCUT2D eigenvalue weighted by atomic mass is 16.5. The number of aromatic nitrogens is 1. The van der Waals surface area contributed by atoms with Gasteiger partial charge in [0.2, 0.25) is 0 Å². The third-order valence-corrected chi connectivity index (χ3v) is 7.74. The highest BCUT2D eigenvalue weighted by molar-refractivity contribution is 6.00. The van der Waals surface area contributed by atoms with E-state index in [2.05, 4.69) is 11.5 Å². The molecular formula is C28H34N2O4. The third-order valence-electron chi connectivity index (χ3n) is 7.74. The van der Waals surface area contributed by atoms with Crippen molar-refractivity contribution in [3.63, 3.8) is 0 Å². The molecule has 1 aliphatic carbocycles. The Hall–Kier alpha value is -3.15. The Balaban J connectivity index is 1.94. The van der Waals surface area contributed by atoms with Gasteiger partial charge in [-0.3, -0.25) is 0 Å². The molecule has 3 aromatic rings. The minimum absolute atomic E-state index is 0.318. The van der Waals surface area contributed by atoms with Crippen molar-refractivity contribution < 1.29 is 19.4 Å². The molecule has 1 aromatic heterocycles. The Morgan fingerprint density at radius 3 is 2.68 bits per heavy atom. The van der Waals surface area contributed by atoms with E-state index in [1.807, 2.05) is 19.1 Å². The normalized spacial score (nSPS) is 16.3. The molecule has 0 unspecified atom stereocenters. The van der Waals surface area contributed by atoms with Gasteiger partial charge in [-0.1, -0.05) is 32.3 Å². The number of nitrogens with two attached hydrogens (primary N) is 1. The quantitative estimate of drug-likeness (QED) is 0.445. The van der Waals surface area contributed by atoms with Crippen LogP contribution in [0.15, 0.2) is 18.2 Å².